The summed E-state index contributed by atoms with van der Waals surface area (Å²) in [5.74, 6) is 17.8. The molecule has 0 heterocycles. The fraction of sp³-hybridized carbons (Fsp3) is 0.983. The molecule has 9 aliphatic rings. The third-order valence-electron chi connectivity index (χ3n) is 30.1. The van der Waals surface area contributed by atoms with Gasteiger partial charge >= 0.3 is 11.9 Å². The molecular weight excluding hydrogens is 1460 g/mol. The standard InChI is InChI=1S/C14H28.2C13H26.2C12H24.2C11H22.C9H18.C7H14.C6H12O2.C5H10O2.C3H8/c1-3-5-6-8-14-11-9-13(7-4-2)10-12-14;1-3-4-5-6-7-13-10-8-12(2)9-11-13;1-3-5-7-13-10-8-12(6-4-2)9-11-13;1-3-4-5-6-12-9-7-11(2)8-10-12;1-3-5-11-7-9-12(6-4-2)10-8-11;1-3-4-5-11-8-6-10(2)7-9-11;1-3-5-11-8-6-10(4-2)7-9-11;1-3-9-6-4-8(2)5-7-9;1-7-5-3-2-4-6-7;1-3-4-5-8-6(2)7;1-3-4-7-5(2)6;1-3-2/h13-14H,3-12H2,1-2H3;2*12-13H,3-11H2,1-2H3;2*11-12H,3-10H2,1-2H3;2*10-11H,3-9H2,1-2H3;8-9H,3-7H2,1-2H3;7H,2-6H2,1H3;3-5H2,1-2H3;3-4H2,1-2H3;3H2,1-2H3. The van der Waals surface area contributed by atoms with Gasteiger partial charge in [0, 0.05) is 13.8 Å². The van der Waals surface area contributed by atoms with Crippen molar-refractivity contribution in [2.45, 2.75) is 622 Å². The zero-order valence-corrected chi connectivity index (χ0v) is 87.8. The third-order valence-corrected chi connectivity index (χ3v) is 30.1. The molecule has 9 fully saturated rings. The van der Waals surface area contributed by atoms with Crippen molar-refractivity contribution < 1.29 is 19.1 Å². The maximum Gasteiger partial charge on any atom is 0.302 e. The van der Waals surface area contributed by atoms with Crippen LogP contribution in [0.25, 0.3) is 0 Å². The first kappa shape index (κ1) is 123. The van der Waals surface area contributed by atoms with Crippen LogP contribution in [0.4, 0.5) is 0 Å². The van der Waals surface area contributed by atoms with E-state index in [1.807, 2.05) is 6.92 Å². The molecule has 0 N–H and O–H groups in total. The van der Waals surface area contributed by atoms with E-state index in [0.29, 0.717) is 13.2 Å². The van der Waals surface area contributed by atoms with E-state index in [2.05, 4.69) is 148 Å². The largest absolute Gasteiger partial charge is 0.466 e. The molecule has 722 valence electrons. The summed E-state index contributed by atoms with van der Waals surface area (Å²) in [4.78, 5) is 20.1. The molecule has 0 saturated heterocycles. The normalized spacial score (nSPS) is 27.0. The van der Waals surface area contributed by atoms with Crippen molar-refractivity contribution >= 4 is 11.9 Å². The highest BCUT2D eigenvalue weighted by molar-refractivity contribution is 5.66. The topological polar surface area (TPSA) is 52.6 Å². The quantitative estimate of drug-likeness (QED) is 0.0463. The van der Waals surface area contributed by atoms with E-state index < -0.39 is 0 Å². The van der Waals surface area contributed by atoms with E-state index in [0.717, 1.165) is 120 Å². The molecule has 0 bridgehead atoms. The number of hydrogen-bond donors (Lipinski definition) is 0. The van der Waals surface area contributed by atoms with Crippen molar-refractivity contribution in [3.63, 3.8) is 0 Å². The second-order valence-electron chi connectivity index (χ2n) is 42.4. The van der Waals surface area contributed by atoms with Crippen LogP contribution >= 0.6 is 0 Å². The number of unbranched alkanes of at least 4 members (excludes halogenated alkanes) is 10. The number of rotatable bonds is 36. The van der Waals surface area contributed by atoms with Gasteiger partial charge in [0.05, 0.1) is 13.2 Å². The third kappa shape index (κ3) is 81.4. The predicted molar refractivity (Wildman–Crippen MR) is 544 cm³/mol. The van der Waals surface area contributed by atoms with Gasteiger partial charge in [0.15, 0.2) is 0 Å². The number of ether oxygens (including phenoxy) is 2. The van der Waals surface area contributed by atoms with E-state index in [1.165, 1.54) is 457 Å². The van der Waals surface area contributed by atoms with E-state index in [1.54, 1.807) is 0 Å². The first-order valence-electron chi connectivity index (χ1n) is 56.4. The van der Waals surface area contributed by atoms with Crippen LogP contribution < -0.4 is 0 Å². The summed E-state index contributed by atoms with van der Waals surface area (Å²) in [5, 5.41) is 0. The zero-order valence-electron chi connectivity index (χ0n) is 87.8. The molecule has 0 aromatic heterocycles. The van der Waals surface area contributed by atoms with E-state index in [4.69, 9.17) is 0 Å². The number of carbonyl (C=O) groups excluding carboxylic acids is 2. The van der Waals surface area contributed by atoms with Crippen LogP contribution in [-0.4, -0.2) is 25.2 Å². The predicted octanol–water partition coefficient (Wildman–Crippen LogP) is 41.1. The van der Waals surface area contributed by atoms with E-state index in [9.17, 15) is 9.59 Å². The van der Waals surface area contributed by atoms with Gasteiger partial charge in [-0.25, -0.2) is 0 Å². The molecule has 9 rings (SSSR count). The fourth-order valence-corrected chi connectivity index (χ4v) is 21.1. The SMILES string of the molecule is CC1CCCCC1.CCC.CCC1CCC(C)CC1.CCCC1CCC(CC)CC1.CCCC1CCC(CCC)CC1.CCCCC1CCC(C)CC1.CCCCC1CCC(CCC)CC1.CCCCCC1CCC(C)CC1.CCCCCC1CCC(CCC)CC1.CCCCCCC1CCC(C)CC1.CCCCOC(C)=O.CCCOC(C)=O. The minimum Gasteiger partial charge on any atom is -0.466 e. The fourth-order valence-electron chi connectivity index (χ4n) is 21.1. The van der Waals surface area contributed by atoms with Crippen molar-refractivity contribution in [1.29, 1.82) is 0 Å². The minimum absolute atomic E-state index is 0.182. The Kier molecular flexibility index (Phi) is 95.0. The molecule has 0 unspecified atom stereocenters. The average Bonchev–Trinajstić information content (AvgIpc) is 0.915. The van der Waals surface area contributed by atoms with Gasteiger partial charge in [-0.1, -0.05) is 595 Å². The molecule has 120 heavy (non-hydrogen) atoms. The Hall–Kier alpha value is -1.06. The van der Waals surface area contributed by atoms with E-state index in [-0.39, 0.29) is 11.9 Å². The van der Waals surface area contributed by atoms with Crippen molar-refractivity contribution in [2.75, 3.05) is 13.2 Å². The summed E-state index contributed by atoms with van der Waals surface area (Å²) in [6, 6.07) is 0. The molecule has 9 aliphatic carbocycles. The molecule has 0 spiro atoms. The lowest BCUT2D eigenvalue weighted by atomic mass is 9.78. The van der Waals surface area contributed by atoms with Gasteiger partial charge in [-0.2, -0.15) is 0 Å². The Bertz CT molecular complexity index is 1910. The molecule has 0 aliphatic heterocycles. The molecule has 0 radical (unpaired) electrons. The molecule has 4 nitrogen and oxygen atoms in total. The van der Waals surface area contributed by atoms with Crippen molar-refractivity contribution in [2.24, 2.45) is 101 Å². The first-order chi connectivity index (χ1) is 58.1. The van der Waals surface area contributed by atoms with Crippen molar-refractivity contribution in [1.82, 2.24) is 0 Å². The van der Waals surface area contributed by atoms with Gasteiger partial charge in [-0.15, -0.1) is 0 Å². The Morgan fingerprint density at radius 2 is 0.383 bits per heavy atom. The lowest BCUT2D eigenvalue weighted by Crippen LogP contribution is -2.14. The highest BCUT2D eigenvalue weighted by atomic mass is 16.5. The molecule has 0 aromatic carbocycles. The number of carbonyl (C=O) groups is 2. The highest BCUT2D eigenvalue weighted by Crippen LogP contribution is 2.39. The summed E-state index contributed by atoms with van der Waals surface area (Å²) in [5.41, 5.74) is 0. The molecule has 0 aromatic rings. The smallest absolute Gasteiger partial charge is 0.302 e. The van der Waals surface area contributed by atoms with Crippen LogP contribution in [0.2, 0.25) is 0 Å². The molecule has 0 atom stereocenters. The number of hydrogen-bond acceptors (Lipinski definition) is 4. The monoisotopic (exact) mass is 1690 g/mol. The van der Waals surface area contributed by atoms with Gasteiger partial charge in [-0.05, 0) is 113 Å². The Balaban J connectivity index is -0.00000126. The van der Waals surface area contributed by atoms with Crippen LogP contribution in [0, 0.1) is 101 Å². The maximum atomic E-state index is 10.1. The molecule has 9 saturated carbocycles. The van der Waals surface area contributed by atoms with Crippen molar-refractivity contribution in [3.05, 3.63) is 0 Å². The van der Waals surface area contributed by atoms with Crippen LogP contribution in [0.1, 0.15) is 622 Å². The van der Waals surface area contributed by atoms with E-state index >= 15 is 0 Å². The summed E-state index contributed by atoms with van der Waals surface area (Å²) < 4.78 is 9.20. The first-order valence-corrected chi connectivity index (χ1v) is 56.4. The Labute approximate surface area is 761 Å². The maximum absolute atomic E-state index is 10.1. The lowest BCUT2D eigenvalue weighted by Gasteiger charge is -2.28. The van der Waals surface area contributed by atoms with Gasteiger partial charge in [-0.3, -0.25) is 9.59 Å². The summed E-state index contributed by atoms with van der Waals surface area (Å²) >= 11 is 0. The van der Waals surface area contributed by atoms with Crippen LogP contribution in [0.3, 0.4) is 0 Å². The minimum atomic E-state index is -0.193. The van der Waals surface area contributed by atoms with Crippen LogP contribution in [0.5, 0.6) is 0 Å². The Morgan fingerprint density at radius 3 is 0.583 bits per heavy atom. The summed E-state index contributed by atoms with van der Waals surface area (Å²) in [7, 11) is 0. The van der Waals surface area contributed by atoms with Gasteiger partial charge < -0.3 is 9.47 Å². The molecule has 0 amide bonds. The molecular formula is C116H234O4. The van der Waals surface area contributed by atoms with Crippen LogP contribution in [-0.2, 0) is 19.1 Å². The van der Waals surface area contributed by atoms with Crippen molar-refractivity contribution in [3.8, 4) is 0 Å². The summed E-state index contributed by atoms with van der Waals surface area (Å²) in [6.45, 7) is 51.9. The second-order valence-corrected chi connectivity index (χ2v) is 42.4. The van der Waals surface area contributed by atoms with Gasteiger partial charge in [0.1, 0.15) is 0 Å². The second kappa shape index (κ2) is 92.6. The lowest BCUT2D eigenvalue weighted by molar-refractivity contribution is -0.141. The number of esters is 2. The van der Waals surface area contributed by atoms with Gasteiger partial charge in [0.25, 0.3) is 0 Å². The average molecular weight is 1690 g/mol. The van der Waals surface area contributed by atoms with Crippen LogP contribution in [0.15, 0.2) is 0 Å². The summed E-state index contributed by atoms with van der Waals surface area (Å²) in [6.07, 6.45) is 105. The molecule has 4 heteroatoms. The highest BCUT2D eigenvalue weighted by Gasteiger charge is 2.25. The zero-order chi connectivity index (χ0) is 89.7. The Morgan fingerprint density at radius 1 is 0.192 bits per heavy atom. The van der Waals surface area contributed by atoms with Gasteiger partial charge in [0.2, 0.25) is 0 Å².